The van der Waals surface area contributed by atoms with Crippen LogP contribution in [0.2, 0.25) is 10.0 Å². The van der Waals surface area contributed by atoms with Crippen molar-refractivity contribution in [3.63, 3.8) is 0 Å². The average Bonchev–Trinajstić information content (AvgIpc) is 3.15. The zero-order chi connectivity index (χ0) is 14.4. The number of hydrogen-bond acceptors (Lipinski definition) is 6. The van der Waals surface area contributed by atoms with Gasteiger partial charge in [0.15, 0.2) is 5.82 Å². The quantitative estimate of drug-likeness (QED) is 0.613. The Bertz CT molecular complexity index is 684. The van der Waals surface area contributed by atoms with Crippen LogP contribution >= 0.6 is 35.0 Å². The average molecular weight is 342 g/mol. The molecule has 0 bridgehead atoms. The molecule has 1 aromatic heterocycles. The van der Waals surface area contributed by atoms with Gasteiger partial charge in [0.1, 0.15) is 5.37 Å². The zero-order valence-corrected chi connectivity index (χ0v) is 12.9. The van der Waals surface area contributed by atoms with Crippen LogP contribution in [-0.2, 0) is 9.78 Å². The minimum atomic E-state index is -0.770. The maximum absolute atomic E-state index is 6.33. The van der Waals surface area contributed by atoms with E-state index in [1.165, 1.54) is 0 Å². The molecule has 5 nitrogen and oxygen atoms in total. The second-order valence-corrected chi connectivity index (χ2v) is 6.55. The Morgan fingerprint density at radius 3 is 2.81 bits per heavy atom. The van der Waals surface area contributed by atoms with Crippen LogP contribution < -0.4 is 4.90 Å². The number of nitrogens with zero attached hydrogens (tertiary/aromatic N) is 3. The first-order valence-corrected chi connectivity index (χ1v) is 7.99. The topological polar surface area (TPSA) is 54.1 Å². The minimum Gasteiger partial charge on any atom is -0.283 e. The smallest absolute Gasteiger partial charge is 0.283 e. The number of hydrogen-bond donors (Lipinski definition) is 0. The molecular formula is C13H9Cl2N3O2S. The Balaban J connectivity index is 1.77. The van der Waals surface area contributed by atoms with Gasteiger partial charge in [0.25, 0.3) is 0 Å². The van der Waals surface area contributed by atoms with E-state index in [-0.39, 0.29) is 5.37 Å². The van der Waals surface area contributed by atoms with Crippen molar-refractivity contribution in [2.75, 3.05) is 10.7 Å². The lowest BCUT2D eigenvalue weighted by Crippen LogP contribution is -2.36. The van der Waals surface area contributed by atoms with E-state index < -0.39 is 5.91 Å². The molecule has 3 heterocycles. The standard InChI is InChI=1S/C13H9Cl2N3O2S/c14-8-1-2-9(10(15)5-8)12-18(11-6-16-3-4-17-11)13(7-21-12)19-20-13/h1-6,12H,7H2. The third-order valence-electron chi connectivity index (χ3n) is 3.33. The number of aromatic nitrogens is 2. The van der Waals surface area contributed by atoms with Crippen molar-refractivity contribution in [3.05, 3.63) is 52.4 Å². The van der Waals surface area contributed by atoms with Crippen LogP contribution in [0.3, 0.4) is 0 Å². The zero-order valence-electron chi connectivity index (χ0n) is 10.6. The van der Waals surface area contributed by atoms with Gasteiger partial charge in [-0.1, -0.05) is 29.3 Å². The van der Waals surface area contributed by atoms with Gasteiger partial charge in [-0.3, -0.25) is 9.88 Å². The van der Waals surface area contributed by atoms with E-state index in [1.54, 1.807) is 36.4 Å². The Hall–Kier alpha value is -1.05. The summed E-state index contributed by atoms with van der Waals surface area (Å²) >= 11 is 14.0. The molecule has 1 spiro atoms. The van der Waals surface area contributed by atoms with Gasteiger partial charge in [0, 0.05) is 28.0 Å². The molecule has 4 rings (SSSR count). The van der Waals surface area contributed by atoms with Crippen molar-refractivity contribution < 1.29 is 9.78 Å². The molecule has 2 aliphatic rings. The molecule has 0 radical (unpaired) electrons. The van der Waals surface area contributed by atoms with E-state index >= 15 is 0 Å². The summed E-state index contributed by atoms with van der Waals surface area (Å²) in [6.45, 7) is 0. The molecule has 1 unspecified atom stereocenters. The summed E-state index contributed by atoms with van der Waals surface area (Å²) in [4.78, 5) is 20.8. The molecule has 2 saturated heterocycles. The predicted octanol–water partition coefficient (Wildman–Crippen LogP) is 3.65. The molecule has 21 heavy (non-hydrogen) atoms. The highest BCUT2D eigenvalue weighted by Gasteiger charge is 2.63. The fourth-order valence-electron chi connectivity index (χ4n) is 2.32. The number of halogens is 2. The lowest BCUT2D eigenvalue weighted by atomic mass is 10.2. The predicted molar refractivity (Wildman–Crippen MR) is 81.1 cm³/mol. The van der Waals surface area contributed by atoms with Crippen LogP contribution in [0, 0.1) is 0 Å². The van der Waals surface area contributed by atoms with Gasteiger partial charge in [-0.2, -0.15) is 9.78 Å². The Morgan fingerprint density at radius 2 is 2.14 bits per heavy atom. The molecule has 0 amide bonds. The van der Waals surface area contributed by atoms with Crippen molar-refractivity contribution in [2.45, 2.75) is 11.3 Å². The molecule has 2 fully saturated rings. The first-order valence-electron chi connectivity index (χ1n) is 6.18. The van der Waals surface area contributed by atoms with E-state index in [9.17, 15) is 0 Å². The van der Waals surface area contributed by atoms with Gasteiger partial charge in [0.2, 0.25) is 0 Å². The van der Waals surface area contributed by atoms with E-state index in [4.69, 9.17) is 33.0 Å². The summed E-state index contributed by atoms with van der Waals surface area (Å²) in [7, 11) is 0. The first kappa shape index (κ1) is 13.6. The molecule has 1 atom stereocenters. The van der Waals surface area contributed by atoms with Gasteiger partial charge < -0.3 is 0 Å². The molecule has 0 N–H and O–H groups in total. The summed E-state index contributed by atoms with van der Waals surface area (Å²) < 4.78 is 0. The second-order valence-electron chi connectivity index (χ2n) is 4.64. The largest absolute Gasteiger partial charge is 0.321 e. The van der Waals surface area contributed by atoms with Crippen molar-refractivity contribution in [1.29, 1.82) is 0 Å². The van der Waals surface area contributed by atoms with Crippen molar-refractivity contribution in [3.8, 4) is 0 Å². The summed E-state index contributed by atoms with van der Waals surface area (Å²) in [5.74, 6) is 0.567. The fourth-order valence-corrected chi connectivity index (χ4v) is 4.31. The Labute approximate surface area is 135 Å². The van der Waals surface area contributed by atoms with Crippen LogP contribution in [0.5, 0.6) is 0 Å². The maximum Gasteiger partial charge on any atom is 0.321 e. The molecule has 108 valence electrons. The third-order valence-corrected chi connectivity index (χ3v) is 5.20. The van der Waals surface area contributed by atoms with Gasteiger partial charge in [-0.25, -0.2) is 4.98 Å². The maximum atomic E-state index is 6.33. The van der Waals surface area contributed by atoms with Crippen LogP contribution in [-0.4, -0.2) is 21.6 Å². The normalized spacial score (nSPS) is 22.8. The highest BCUT2D eigenvalue weighted by atomic mass is 35.5. The van der Waals surface area contributed by atoms with E-state index in [0.717, 1.165) is 5.56 Å². The number of anilines is 1. The van der Waals surface area contributed by atoms with E-state index in [1.807, 2.05) is 17.0 Å². The summed E-state index contributed by atoms with van der Waals surface area (Å²) in [6, 6.07) is 5.46. The molecule has 2 aliphatic heterocycles. The molecule has 1 aromatic carbocycles. The number of benzene rings is 1. The molecule has 2 aromatic rings. The van der Waals surface area contributed by atoms with Crippen molar-refractivity contribution in [2.24, 2.45) is 0 Å². The van der Waals surface area contributed by atoms with Gasteiger partial charge in [0.05, 0.1) is 11.9 Å². The molecule has 8 heteroatoms. The first-order chi connectivity index (χ1) is 10.2. The lowest BCUT2D eigenvalue weighted by Gasteiger charge is -2.26. The summed E-state index contributed by atoms with van der Waals surface area (Å²) in [5, 5.41) is 1.13. The second kappa shape index (κ2) is 5.00. The summed E-state index contributed by atoms with van der Waals surface area (Å²) in [6.07, 6.45) is 4.93. The Kier molecular flexibility index (Phi) is 3.24. The number of rotatable bonds is 2. The highest BCUT2D eigenvalue weighted by molar-refractivity contribution is 8.00. The molecular weight excluding hydrogens is 333 g/mol. The van der Waals surface area contributed by atoms with Gasteiger partial charge in [-0.05, 0) is 12.1 Å². The third kappa shape index (κ3) is 2.27. The minimum absolute atomic E-state index is 0.0750. The van der Waals surface area contributed by atoms with Gasteiger partial charge >= 0.3 is 5.91 Å². The van der Waals surface area contributed by atoms with E-state index in [0.29, 0.717) is 21.6 Å². The molecule has 0 aliphatic carbocycles. The fraction of sp³-hybridized carbons (Fsp3) is 0.231. The van der Waals surface area contributed by atoms with E-state index in [2.05, 4.69) is 9.97 Å². The highest BCUT2D eigenvalue weighted by Crippen LogP contribution is 2.55. The van der Waals surface area contributed by atoms with Crippen LogP contribution in [0.4, 0.5) is 5.82 Å². The van der Waals surface area contributed by atoms with Crippen molar-refractivity contribution >= 4 is 40.8 Å². The number of thioether (sulfide) groups is 1. The molecule has 0 saturated carbocycles. The summed E-state index contributed by atoms with van der Waals surface area (Å²) in [5.41, 5.74) is 0.938. The SMILES string of the molecule is Clc1ccc(C2SCC3(OO3)N2c2cnccn2)c(Cl)c1. The van der Waals surface area contributed by atoms with Crippen molar-refractivity contribution in [1.82, 2.24) is 9.97 Å². The van der Waals surface area contributed by atoms with Crippen LogP contribution in [0.15, 0.2) is 36.8 Å². The lowest BCUT2D eigenvalue weighted by molar-refractivity contribution is 0.0850. The van der Waals surface area contributed by atoms with Crippen LogP contribution in [0.1, 0.15) is 10.9 Å². The monoisotopic (exact) mass is 341 g/mol. The van der Waals surface area contributed by atoms with Gasteiger partial charge in [-0.15, -0.1) is 11.8 Å². The Morgan fingerprint density at radius 1 is 1.29 bits per heavy atom. The van der Waals surface area contributed by atoms with Crippen LogP contribution in [0.25, 0.3) is 0 Å².